The van der Waals surface area contributed by atoms with E-state index in [2.05, 4.69) is 0 Å². The van der Waals surface area contributed by atoms with Gasteiger partial charge in [0.05, 0.1) is 5.69 Å². The van der Waals surface area contributed by atoms with Gasteiger partial charge in [-0.25, -0.2) is 0 Å². The summed E-state index contributed by atoms with van der Waals surface area (Å²) >= 11 is 0. The Morgan fingerprint density at radius 3 is 2.35 bits per heavy atom. The van der Waals surface area contributed by atoms with Crippen LogP contribution in [0.5, 0.6) is 0 Å². The molecule has 3 aromatic carbocycles. The summed E-state index contributed by atoms with van der Waals surface area (Å²) in [5.74, 6) is 0. The first-order chi connectivity index (χ1) is 11.3. The van der Waals surface area contributed by atoms with Gasteiger partial charge in [0, 0.05) is 10.9 Å². The predicted molar refractivity (Wildman–Crippen MR) is 89.1 cm³/mol. The fourth-order valence-electron chi connectivity index (χ4n) is 2.48. The SMILES string of the molecule is O=Cc1ccc2ccccc2c1N(C=O)OCc1ccccc1. The highest BCUT2D eigenvalue weighted by molar-refractivity contribution is 6.05. The van der Waals surface area contributed by atoms with Gasteiger partial charge < -0.3 is 0 Å². The van der Waals surface area contributed by atoms with Crippen molar-refractivity contribution in [1.29, 1.82) is 0 Å². The van der Waals surface area contributed by atoms with E-state index in [1.54, 1.807) is 6.07 Å². The number of carbonyl (C=O) groups excluding carboxylic acids is 2. The molecule has 0 saturated carbocycles. The fourth-order valence-corrected chi connectivity index (χ4v) is 2.48. The Balaban J connectivity index is 1.98. The van der Waals surface area contributed by atoms with Crippen LogP contribution in [0, 0.1) is 0 Å². The minimum Gasteiger partial charge on any atom is -0.298 e. The maximum Gasteiger partial charge on any atom is 0.238 e. The number of nitrogens with zero attached hydrogens (tertiary/aromatic N) is 1. The predicted octanol–water partition coefficient (Wildman–Crippen LogP) is 3.75. The highest BCUT2D eigenvalue weighted by Gasteiger charge is 2.15. The number of anilines is 1. The second kappa shape index (κ2) is 6.85. The van der Waals surface area contributed by atoms with Crippen molar-refractivity contribution in [3.8, 4) is 0 Å². The van der Waals surface area contributed by atoms with Crippen molar-refractivity contribution in [2.45, 2.75) is 6.61 Å². The molecule has 0 aromatic heterocycles. The topological polar surface area (TPSA) is 46.6 Å². The van der Waals surface area contributed by atoms with E-state index in [0.717, 1.165) is 27.7 Å². The highest BCUT2D eigenvalue weighted by atomic mass is 16.7. The third-order valence-electron chi connectivity index (χ3n) is 3.59. The molecule has 1 amide bonds. The lowest BCUT2D eigenvalue weighted by Gasteiger charge is -2.20. The van der Waals surface area contributed by atoms with Crippen LogP contribution in [0.25, 0.3) is 10.8 Å². The molecular weight excluding hydrogens is 290 g/mol. The van der Waals surface area contributed by atoms with Crippen LogP contribution in [-0.2, 0) is 16.2 Å². The maximum atomic E-state index is 11.5. The summed E-state index contributed by atoms with van der Waals surface area (Å²) in [6, 6.07) is 20.6. The smallest absolute Gasteiger partial charge is 0.238 e. The van der Waals surface area contributed by atoms with Crippen LogP contribution in [0.2, 0.25) is 0 Å². The number of hydrogen-bond donors (Lipinski definition) is 0. The van der Waals surface area contributed by atoms with E-state index in [1.165, 1.54) is 0 Å². The summed E-state index contributed by atoms with van der Waals surface area (Å²) < 4.78 is 0. The van der Waals surface area contributed by atoms with E-state index in [1.807, 2.05) is 60.7 Å². The van der Waals surface area contributed by atoms with Crippen molar-refractivity contribution in [3.05, 3.63) is 77.9 Å². The molecule has 3 aromatic rings. The molecule has 0 aliphatic rings. The van der Waals surface area contributed by atoms with E-state index in [0.29, 0.717) is 17.7 Å². The molecule has 0 radical (unpaired) electrons. The van der Waals surface area contributed by atoms with Crippen LogP contribution in [0.4, 0.5) is 5.69 Å². The second-order valence-electron chi connectivity index (χ2n) is 5.03. The van der Waals surface area contributed by atoms with Crippen molar-refractivity contribution >= 4 is 29.2 Å². The Labute approximate surface area is 133 Å². The Morgan fingerprint density at radius 2 is 1.61 bits per heavy atom. The Bertz CT molecular complexity index is 830. The zero-order valence-corrected chi connectivity index (χ0v) is 12.4. The van der Waals surface area contributed by atoms with Gasteiger partial charge in [-0.1, -0.05) is 60.7 Å². The van der Waals surface area contributed by atoms with E-state index >= 15 is 0 Å². The number of benzene rings is 3. The van der Waals surface area contributed by atoms with Crippen molar-refractivity contribution in [2.24, 2.45) is 0 Å². The molecule has 0 unspecified atom stereocenters. The number of carbonyl (C=O) groups is 2. The molecule has 114 valence electrons. The summed E-state index contributed by atoms with van der Waals surface area (Å²) in [5.41, 5.74) is 1.81. The number of hydrogen-bond acceptors (Lipinski definition) is 3. The van der Waals surface area contributed by atoms with Gasteiger partial charge in [-0.2, -0.15) is 5.06 Å². The first kappa shape index (κ1) is 14.9. The number of rotatable bonds is 6. The van der Waals surface area contributed by atoms with Crippen molar-refractivity contribution in [2.75, 3.05) is 5.06 Å². The molecule has 0 bridgehead atoms. The van der Waals surface area contributed by atoms with E-state index < -0.39 is 0 Å². The van der Waals surface area contributed by atoms with Gasteiger partial charge in [-0.3, -0.25) is 14.4 Å². The van der Waals surface area contributed by atoms with Crippen LogP contribution in [0.1, 0.15) is 15.9 Å². The van der Waals surface area contributed by atoms with E-state index in [9.17, 15) is 9.59 Å². The molecule has 23 heavy (non-hydrogen) atoms. The maximum absolute atomic E-state index is 11.5. The average molecular weight is 305 g/mol. The molecule has 0 aliphatic heterocycles. The van der Waals surface area contributed by atoms with Gasteiger partial charge in [0.2, 0.25) is 6.41 Å². The van der Waals surface area contributed by atoms with Crippen LogP contribution >= 0.6 is 0 Å². The molecule has 0 N–H and O–H groups in total. The standard InChI is InChI=1S/C19H15NO3/c21-12-17-11-10-16-8-4-5-9-18(16)19(17)20(14-22)23-13-15-6-2-1-3-7-15/h1-12,14H,13H2. The van der Waals surface area contributed by atoms with Crippen molar-refractivity contribution in [3.63, 3.8) is 0 Å². The number of aldehydes is 1. The minimum absolute atomic E-state index is 0.237. The second-order valence-corrected chi connectivity index (χ2v) is 5.03. The minimum atomic E-state index is 0.237. The lowest BCUT2D eigenvalue weighted by Crippen LogP contribution is -2.23. The van der Waals surface area contributed by atoms with Crippen molar-refractivity contribution in [1.82, 2.24) is 0 Å². The molecule has 0 fully saturated rings. The van der Waals surface area contributed by atoms with Gasteiger partial charge in [0.25, 0.3) is 0 Å². The normalized spacial score (nSPS) is 10.4. The first-order valence-electron chi connectivity index (χ1n) is 7.22. The monoisotopic (exact) mass is 305 g/mol. The van der Waals surface area contributed by atoms with E-state index in [-0.39, 0.29) is 6.61 Å². The third-order valence-corrected chi connectivity index (χ3v) is 3.59. The Morgan fingerprint density at radius 1 is 0.870 bits per heavy atom. The van der Waals surface area contributed by atoms with Gasteiger partial charge in [0.15, 0.2) is 6.29 Å². The first-order valence-corrected chi connectivity index (χ1v) is 7.22. The average Bonchev–Trinajstić information content (AvgIpc) is 2.63. The fraction of sp³-hybridized carbons (Fsp3) is 0.0526. The Hall–Kier alpha value is -2.98. The van der Waals surface area contributed by atoms with Gasteiger partial charge in [-0.15, -0.1) is 0 Å². The van der Waals surface area contributed by atoms with Crippen LogP contribution in [0.3, 0.4) is 0 Å². The largest absolute Gasteiger partial charge is 0.298 e. The summed E-state index contributed by atoms with van der Waals surface area (Å²) in [5, 5.41) is 2.85. The van der Waals surface area contributed by atoms with Crippen molar-refractivity contribution < 1.29 is 14.4 Å². The molecule has 0 spiro atoms. The van der Waals surface area contributed by atoms with Gasteiger partial charge >= 0.3 is 0 Å². The molecule has 0 saturated heterocycles. The van der Waals surface area contributed by atoms with Crippen LogP contribution in [0.15, 0.2) is 66.7 Å². The lowest BCUT2D eigenvalue weighted by molar-refractivity contribution is -0.114. The molecule has 4 heteroatoms. The summed E-state index contributed by atoms with van der Waals surface area (Å²) in [4.78, 5) is 28.5. The summed E-state index contributed by atoms with van der Waals surface area (Å²) in [6.45, 7) is 0.237. The molecular formula is C19H15NO3. The summed E-state index contributed by atoms with van der Waals surface area (Å²) in [7, 11) is 0. The Kier molecular flexibility index (Phi) is 4.45. The van der Waals surface area contributed by atoms with E-state index in [4.69, 9.17) is 4.84 Å². The molecule has 0 atom stereocenters. The third kappa shape index (κ3) is 3.12. The van der Waals surface area contributed by atoms with Crippen LogP contribution in [-0.4, -0.2) is 12.7 Å². The quantitative estimate of drug-likeness (QED) is 0.515. The van der Waals surface area contributed by atoms with Gasteiger partial charge in [-0.05, 0) is 17.0 Å². The zero-order valence-electron chi connectivity index (χ0n) is 12.4. The zero-order chi connectivity index (χ0) is 16.1. The highest BCUT2D eigenvalue weighted by Crippen LogP contribution is 2.30. The molecule has 0 heterocycles. The van der Waals surface area contributed by atoms with Gasteiger partial charge in [0.1, 0.15) is 6.61 Å². The van der Waals surface area contributed by atoms with Crippen LogP contribution < -0.4 is 5.06 Å². The number of hydroxylamine groups is 1. The lowest BCUT2D eigenvalue weighted by atomic mass is 10.0. The molecule has 3 rings (SSSR count). The molecule has 0 aliphatic carbocycles. The number of amides is 1. The summed E-state index contributed by atoms with van der Waals surface area (Å²) in [6.07, 6.45) is 1.31. The molecule has 4 nitrogen and oxygen atoms in total. The number of fused-ring (bicyclic) bond motifs is 1.